The van der Waals surface area contributed by atoms with Gasteiger partial charge in [0.25, 0.3) is 0 Å². The Hall–Kier alpha value is 0.422. The van der Waals surface area contributed by atoms with E-state index in [-0.39, 0.29) is 27.3 Å². The van der Waals surface area contributed by atoms with Gasteiger partial charge in [-0.05, 0) is 0 Å². The van der Waals surface area contributed by atoms with Crippen molar-refractivity contribution in [1.82, 2.24) is 0 Å². The van der Waals surface area contributed by atoms with Crippen molar-refractivity contribution in [1.29, 1.82) is 0 Å². The summed E-state index contributed by atoms with van der Waals surface area (Å²) in [5.41, 5.74) is 0. The molecule has 0 aliphatic carbocycles. The molecule has 0 amide bonds. The average Bonchev–Trinajstić information content (AvgIpc) is 2.52. The van der Waals surface area contributed by atoms with Gasteiger partial charge in [-0.1, -0.05) is 0 Å². The standard InChI is InChI=1S/C12H24O6.2H2O4S.Pb/c1-2-14-5-6-16-9-10-18-12-11-17-8-7-15-4-3-13-1;2*1-5(2,3)4;/h1-12H2;2*(H2,1,2,3,4);/q;;;+2/p-2. The van der Waals surface area contributed by atoms with Crippen LogP contribution in [0.3, 0.4) is 0 Å². The van der Waals surface area contributed by atoms with E-state index in [2.05, 4.69) is 0 Å². The zero-order valence-electron chi connectivity index (χ0n) is 15.6. The Morgan fingerprint density at radius 1 is 0.448 bits per heavy atom. The van der Waals surface area contributed by atoms with Gasteiger partial charge in [0.1, 0.15) is 0 Å². The van der Waals surface area contributed by atoms with E-state index in [1.807, 2.05) is 0 Å². The minimum Gasteiger partial charge on any atom is -0.726 e. The third-order valence-electron chi connectivity index (χ3n) is 2.23. The van der Waals surface area contributed by atoms with Gasteiger partial charge >= 0.3 is 27.3 Å². The van der Waals surface area contributed by atoms with Crippen molar-refractivity contribution in [2.75, 3.05) is 79.3 Å². The summed E-state index contributed by atoms with van der Waals surface area (Å²) in [5, 5.41) is 0. The minimum absolute atomic E-state index is 0. The van der Waals surface area contributed by atoms with Gasteiger partial charge in [0, 0.05) is 0 Å². The normalized spacial score (nSPS) is 18.9. The molecule has 0 spiro atoms. The van der Waals surface area contributed by atoms with E-state index in [9.17, 15) is 0 Å². The Labute approximate surface area is 190 Å². The van der Waals surface area contributed by atoms with Gasteiger partial charge in [-0.2, -0.15) is 0 Å². The van der Waals surface area contributed by atoms with Gasteiger partial charge in [0.15, 0.2) is 0 Å². The van der Waals surface area contributed by atoms with E-state index in [0.717, 1.165) is 0 Å². The predicted molar refractivity (Wildman–Crippen MR) is 95.3 cm³/mol. The van der Waals surface area contributed by atoms with Crippen molar-refractivity contribution in [3.63, 3.8) is 0 Å². The van der Waals surface area contributed by atoms with Gasteiger partial charge in [0.2, 0.25) is 20.8 Å². The largest absolute Gasteiger partial charge is 2.00 e. The monoisotopic (exact) mass is 666 g/mol. The van der Waals surface area contributed by atoms with Crippen LogP contribution in [0.2, 0.25) is 0 Å². The predicted octanol–water partition coefficient (Wildman–Crippen LogP) is -2.27. The molecule has 0 aromatic rings. The van der Waals surface area contributed by atoms with E-state index in [0.29, 0.717) is 79.3 Å². The van der Waals surface area contributed by atoms with Crippen LogP contribution in [0.4, 0.5) is 0 Å². The molecule has 2 radical (unpaired) electrons. The van der Waals surface area contributed by atoms with Crippen LogP contribution in [0.25, 0.3) is 0 Å². The van der Waals surface area contributed by atoms with E-state index < -0.39 is 20.8 Å². The Balaban J connectivity index is -0.000000512. The second-order valence-electron chi connectivity index (χ2n) is 4.53. The smallest absolute Gasteiger partial charge is 0.726 e. The Morgan fingerprint density at radius 2 is 0.517 bits per heavy atom. The van der Waals surface area contributed by atoms with Gasteiger partial charge in [0.05, 0.1) is 79.3 Å². The van der Waals surface area contributed by atoms with Crippen LogP contribution in [0, 0.1) is 0 Å². The molecule has 0 unspecified atom stereocenters. The molecule has 0 aromatic carbocycles. The van der Waals surface area contributed by atoms with Crippen LogP contribution < -0.4 is 0 Å². The molecule has 29 heavy (non-hydrogen) atoms. The molecular weight excluding hydrogens is 639 g/mol. The maximum atomic E-state index is 8.63. The minimum atomic E-state index is -4.92. The van der Waals surface area contributed by atoms with Crippen molar-refractivity contribution in [2.45, 2.75) is 0 Å². The van der Waals surface area contributed by atoms with Crippen LogP contribution in [0.15, 0.2) is 0 Å². The first-order valence-electron chi connectivity index (χ1n) is 7.83. The van der Waals surface area contributed by atoms with Crippen LogP contribution in [0.5, 0.6) is 0 Å². The molecule has 1 aliphatic rings. The fraction of sp³-hybridized carbons (Fsp3) is 1.00. The number of hydrogen-bond donors (Lipinski definition) is 2. The molecule has 1 rings (SSSR count). The molecule has 1 saturated heterocycles. The first-order chi connectivity index (χ1) is 13.0. The molecule has 0 bridgehead atoms. The van der Waals surface area contributed by atoms with Gasteiger partial charge in [-0.3, -0.25) is 9.11 Å². The molecule has 1 fully saturated rings. The van der Waals surface area contributed by atoms with Crippen molar-refractivity contribution >= 4 is 48.1 Å². The third-order valence-corrected chi connectivity index (χ3v) is 2.23. The molecule has 0 saturated carbocycles. The summed E-state index contributed by atoms with van der Waals surface area (Å²) >= 11 is 0. The maximum Gasteiger partial charge on any atom is 2.00 e. The molecule has 0 aromatic heterocycles. The van der Waals surface area contributed by atoms with E-state index in [1.54, 1.807) is 0 Å². The summed E-state index contributed by atoms with van der Waals surface area (Å²) in [4.78, 5) is 0. The topological polar surface area (TPSA) is 210 Å². The van der Waals surface area contributed by atoms with Crippen LogP contribution in [-0.4, -0.2) is 142 Å². The number of rotatable bonds is 0. The molecule has 0 atom stereocenters. The molecule has 174 valence electrons. The third kappa shape index (κ3) is 58.5. The van der Waals surface area contributed by atoms with Crippen molar-refractivity contribution in [3.05, 3.63) is 0 Å². The van der Waals surface area contributed by atoms with Crippen molar-refractivity contribution in [3.8, 4) is 0 Å². The second-order valence-corrected chi connectivity index (χ2v) is 6.24. The SMILES string of the molecule is C1COCCOCCOCCOCCOCCO1.O=S(=O)([O-])O.O=S(=O)([O-])O.[Pb+2]. The van der Waals surface area contributed by atoms with Crippen molar-refractivity contribution in [2.24, 2.45) is 0 Å². The van der Waals surface area contributed by atoms with Gasteiger partial charge in [-0.15, -0.1) is 0 Å². The summed E-state index contributed by atoms with van der Waals surface area (Å²) < 4.78 is 97.6. The van der Waals surface area contributed by atoms with Crippen LogP contribution >= 0.6 is 0 Å². The molecule has 2 N–H and O–H groups in total. The molecule has 17 heteroatoms. The zero-order chi connectivity index (χ0) is 21.7. The molecule has 14 nitrogen and oxygen atoms in total. The molecule has 1 heterocycles. The average molecular weight is 666 g/mol. The maximum absolute atomic E-state index is 8.63. The fourth-order valence-electron chi connectivity index (χ4n) is 1.32. The first-order valence-corrected chi connectivity index (χ1v) is 10.6. The zero-order valence-corrected chi connectivity index (χ0v) is 21.1. The van der Waals surface area contributed by atoms with Gasteiger partial charge < -0.3 is 37.5 Å². The summed E-state index contributed by atoms with van der Waals surface area (Å²) in [5.74, 6) is 0. The molecule has 1 aliphatic heterocycles. The molecular formula is C12H26O14PbS2. The Kier molecular flexibility index (Phi) is 27.1. The summed E-state index contributed by atoms with van der Waals surface area (Å²) in [6.45, 7) is 7.04. The second kappa shape index (κ2) is 23.1. The van der Waals surface area contributed by atoms with Crippen LogP contribution in [0.1, 0.15) is 0 Å². The summed E-state index contributed by atoms with van der Waals surface area (Å²) in [7, 11) is -9.83. The Bertz CT molecular complexity index is 406. The van der Waals surface area contributed by atoms with E-state index in [4.69, 9.17) is 63.5 Å². The quantitative estimate of drug-likeness (QED) is 0.159. The van der Waals surface area contributed by atoms with Crippen molar-refractivity contribution < 1.29 is 63.5 Å². The fourth-order valence-corrected chi connectivity index (χ4v) is 1.32. The van der Waals surface area contributed by atoms with Gasteiger partial charge in [-0.25, -0.2) is 16.8 Å². The summed E-state index contributed by atoms with van der Waals surface area (Å²) in [6, 6.07) is 0. The Morgan fingerprint density at radius 3 is 0.586 bits per heavy atom. The van der Waals surface area contributed by atoms with E-state index >= 15 is 0 Å². The summed E-state index contributed by atoms with van der Waals surface area (Å²) in [6.07, 6.45) is 0. The van der Waals surface area contributed by atoms with Crippen LogP contribution in [-0.2, 0) is 49.2 Å². The van der Waals surface area contributed by atoms with E-state index in [1.165, 1.54) is 0 Å². The number of hydrogen-bond acceptors (Lipinski definition) is 12. The number of ether oxygens (including phenoxy) is 6. The first kappa shape index (κ1) is 34.0.